The van der Waals surface area contributed by atoms with E-state index in [9.17, 15) is 5.11 Å². The van der Waals surface area contributed by atoms with Crippen molar-refractivity contribution < 1.29 is 9.84 Å². The fourth-order valence-corrected chi connectivity index (χ4v) is 1.09. The lowest BCUT2D eigenvalue weighted by Gasteiger charge is -2.08. The van der Waals surface area contributed by atoms with Crippen molar-refractivity contribution in [3.63, 3.8) is 0 Å². The van der Waals surface area contributed by atoms with E-state index in [0.29, 0.717) is 6.61 Å². The van der Waals surface area contributed by atoms with E-state index in [0.717, 1.165) is 11.3 Å². The highest BCUT2D eigenvalue weighted by molar-refractivity contribution is 5.28. The smallest absolute Gasteiger partial charge is 0.119 e. The lowest BCUT2D eigenvalue weighted by molar-refractivity contribution is 0.186. The van der Waals surface area contributed by atoms with Crippen molar-refractivity contribution in [2.75, 3.05) is 13.2 Å². The molecule has 0 fully saturated rings. The van der Waals surface area contributed by atoms with E-state index in [1.807, 2.05) is 31.2 Å². The first-order valence-corrected chi connectivity index (χ1v) is 4.38. The number of rotatable bonds is 4. The van der Waals surface area contributed by atoms with Crippen molar-refractivity contribution in [3.05, 3.63) is 29.8 Å². The SMILES string of the molecule is CCOc1ccc([C@H](O)CN)cc1. The molecule has 3 heteroatoms. The van der Waals surface area contributed by atoms with E-state index < -0.39 is 6.10 Å². The molecule has 0 saturated heterocycles. The largest absolute Gasteiger partial charge is 0.494 e. The van der Waals surface area contributed by atoms with Crippen molar-refractivity contribution >= 4 is 0 Å². The average molecular weight is 181 g/mol. The van der Waals surface area contributed by atoms with Crippen molar-refractivity contribution in [3.8, 4) is 5.75 Å². The summed E-state index contributed by atoms with van der Waals surface area (Å²) in [6, 6.07) is 7.31. The van der Waals surface area contributed by atoms with E-state index in [2.05, 4.69) is 0 Å². The Labute approximate surface area is 78.1 Å². The van der Waals surface area contributed by atoms with Gasteiger partial charge in [-0.3, -0.25) is 0 Å². The number of benzene rings is 1. The van der Waals surface area contributed by atoms with Gasteiger partial charge in [0.2, 0.25) is 0 Å². The number of aliphatic hydroxyl groups is 1. The molecule has 1 aromatic rings. The maximum atomic E-state index is 9.38. The number of hydrogen-bond donors (Lipinski definition) is 2. The molecule has 0 aliphatic carbocycles. The highest BCUT2D eigenvalue weighted by Gasteiger charge is 2.03. The molecule has 0 unspecified atom stereocenters. The Morgan fingerprint density at radius 1 is 1.38 bits per heavy atom. The summed E-state index contributed by atoms with van der Waals surface area (Å²) in [5.41, 5.74) is 6.14. The molecule has 1 aromatic carbocycles. The van der Waals surface area contributed by atoms with Crippen LogP contribution in [0.3, 0.4) is 0 Å². The van der Waals surface area contributed by atoms with Gasteiger partial charge in [0, 0.05) is 6.54 Å². The van der Waals surface area contributed by atoms with E-state index in [4.69, 9.17) is 10.5 Å². The van der Waals surface area contributed by atoms with Gasteiger partial charge in [0.25, 0.3) is 0 Å². The summed E-state index contributed by atoms with van der Waals surface area (Å²) in [6.07, 6.45) is -0.573. The Bertz CT molecular complexity index is 246. The van der Waals surface area contributed by atoms with Crippen LogP contribution < -0.4 is 10.5 Å². The molecule has 0 radical (unpaired) electrons. The van der Waals surface area contributed by atoms with Gasteiger partial charge in [-0.25, -0.2) is 0 Å². The van der Waals surface area contributed by atoms with Gasteiger partial charge in [0.15, 0.2) is 0 Å². The van der Waals surface area contributed by atoms with Crippen molar-refractivity contribution in [1.29, 1.82) is 0 Å². The van der Waals surface area contributed by atoms with Crippen molar-refractivity contribution in [1.82, 2.24) is 0 Å². The zero-order valence-electron chi connectivity index (χ0n) is 7.73. The second-order valence-electron chi connectivity index (χ2n) is 2.75. The zero-order chi connectivity index (χ0) is 9.68. The topological polar surface area (TPSA) is 55.5 Å². The van der Waals surface area contributed by atoms with Crippen LogP contribution in [0.1, 0.15) is 18.6 Å². The molecule has 0 bridgehead atoms. The molecule has 0 heterocycles. The van der Waals surface area contributed by atoms with Crippen LogP contribution in [0.15, 0.2) is 24.3 Å². The molecule has 0 aromatic heterocycles. The maximum absolute atomic E-state index is 9.38. The zero-order valence-corrected chi connectivity index (χ0v) is 7.73. The third-order valence-electron chi connectivity index (χ3n) is 1.80. The summed E-state index contributed by atoms with van der Waals surface area (Å²) in [7, 11) is 0. The molecule has 13 heavy (non-hydrogen) atoms. The maximum Gasteiger partial charge on any atom is 0.119 e. The quantitative estimate of drug-likeness (QED) is 0.730. The summed E-state index contributed by atoms with van der Waals surface area (Å²) in [5, 5.41) is 9.38. The minimum atomic E-state index is -0.573. The summed E-state index contributed by atoms with van der Waals surface area (Å²) in [4.78, 5) is 0. The second kappa shape index (κ2) is 4.84. The van der Waals surface area contributed by atoms with Crippen LogP contribution in [-0.2, 0) is 0 Å². The highest BCUT2D eigenvalue weighted by Crippen LogP contribution is 2.16. The predicted molar refractivity (Wildman–Crippen MR) is 51.6 cm³/mol. The van der Waals surface area contributed by atoms with E-state index in [1.54, 1.807) is 0 Å². The molecular weight excluding hydrogens is 166 g/mol. The van der Waals surface area contributed by atoms with Gasteiger partial charge in [0.1, 0.15) is 5.75 Å². The van der Waals surface area contributed by atoms with Crippen LogP contribution in [0.5, 0.6) is 5.75 Å². The molecule has 3 nitrogen and oxygen atoms in total. The Kier molecular flexibility index (Phi) is 3.73. The molecular formula is C10H15NO2. The van der Waals surface area contributed by atoms with Gasteiger partial charge in [-0.2, -0.15) is 0 Å². The van der Waals surface area contributed by atoms with Gasteiger partial charge in [0.05, 0.1) is 12.7 Å². The molecule has 0 amide bonds. The summed E-state index contributed by atoms with van der Waals surface area (Å²) >= 11 is 0. The van der Waals surface area contributed by atoms with Crippen LogP contribution >= 0.6 is 0 Å². The summed E-state index contributed by atoms with van der Waals surface area (Å²) < 4.78 is 5.26. The molecule has 0 saturated carbocycles. The Hall–Kier alpha value is -1.06. The van der Waals surface area contributed by atoms with Gasteiger partial charge >= 0.3 is 0 Å². The van der Waals surface area contributed by atoms with Crippen molar-refractivity contribution in [2.24, 2.45) is 5.73 Å². The molecule has 1 rings (SSSR count). The predicted octanol–water partition coefficient (Wildman–Crippen LogP) is 1.08. The third-order valence-corrected chi connectivity index (χ3v) is 1.80. The monoisotopic (exact) mass is 181 g/mol. The van der Waals surface area contributed by atoms with Gasteiger partial charge in [-0.05, 0) is 24.6 Å². The van der Waals surface area contributed by atoms with Gasteiger partial charge in [-0.1, -0.05) is 12.1 Å². The van der Waals surface area contributed by atoms with Crippen LogP contribution in [0.2, 0.25) is 0 Å². The molecule has 0 aliphatic heterocycles. The van der Waals surface area contributed by atoms with Gasteiger partial charge < -0.3 is 15.6 Å². The van der Waals surface area contributed by atoms with Crippen LogP contribution in [0.4, 0.5) is 0 Å². The average Bonchev–Trinajstić information content (AvgIpc) is 2.18. The highest BCUT2D eigenvalue weighted by atomic mass is 16.5. The summed E-state index contributed by atoms with van der Waals surface area (Å²) in [5.74, 6) is 0.815. The molecule has 3 N–H and O–H groups in total. The van der Waals surface area contributed by atoms with E-state index in [1.165, 1.54) is 0 Å². The molecule has 1 atom stereocenters. The number of ether oxygens (including phenoxy) is 1. The first-order valence-electron chi connectivity index (χ1n) is 4.38. The summed E-state index contributed by atoms with van der Waals surface area (Å²) in [6.45, 7) is 2.83. The Balaban J connectivity index is 2.69. The first kappa shape index (κ1) is 10.0. The normalized spacial score (nSPS) is 12.5. The van der Waals surface area contributed by atoms with Gasteiger partial charge in [-0.15, -0.1) is 0 Å². The fraction of sp³-hybridized carbons (Fsp3) is 0.400. The third kappa shape index (κ3) is 2.72. The first-order chi connectivity index (χ1) is 6.27. The van der Waals surface area contributed by atoms with Crippen LogP contribution in [-0.4, -0.2) is 18.3 Å². The lowest BCUT2D eigenvalue weighted by atomic mass is 10.1. The van der Waals surface area contributed by atoms with Crippen LogP contribution in [0.25, 0.3) is 0 Å². The lowest BCUT2D eigenvalue weighted by Crippen LogP contribution is -2.11. The molecule has 0 spiro atoms. The second-order valence-corrected chi connectivity index (χ2v) is 2.75. The number of nitrogens with two attached hydrogens (primary N) is 1. The Morgan fingerprint density at radius 2 is 2.00 bits per heavy atom. The fourth-order valence-electron chi connectivity index (χ4n) is 1.09. The minimum absolute atomic E-state index is 0.244. The number of hydrogen-bond acceptors (Lipinski definition) is 3. The Morgan fingerprint density at radius 3 is 2.46 bits per heavy atom. The minimum Gasteiger partial charge on any atom is -0.494 e. The molecule has 0 aliphatic rings. The molecule has 72 valence electrons. The number of aliphatic hydroxyl groups excluding tert-OH is 1. The van der Waals surface area contributed by atoms with Crippen LogP contribution in [0, 0.1) is 0 Å². The van der Waals surface area contributed by atoms with Crippen molar-refractivity contribution in [2.45, 2.75) is 13.0 Å². The standard InChI is InChI=1S/C10H15NO2/c1-2-13-9-5-3-8(4-6-9)10(12)7-11/h3-6,10,12H,2,7,11H2,1H3/t10-/m1/s1. The van der Waals surface area contributed by atoms with E-state index in [-0.39, 0.29) is 6.54 Å². The van der Waals surface area contributed by atoms with E-state index >= 15 is 0 Å².